The van der Waals surface area contributed by atoms with Crippen LogP contribution in [0.2, 0.25) is 0 Å². The Morgan fingerprint density at radius 3 is 2.91 bits per heavy atom. The van der Waals surface area contributed by atoms with E-state index in [0.29, 0.717) is 36.1 Å². The summed E-state index contributed by atoms with van der Waals surface area (Å²) in [5, 5.41) is 2.75. The topological polar surface area (TPSA) is 69.7 Å². The Morgan fingerprint density at radius 2 is 2.22 bits per heavy atom. The van der Waals surface area contributed by atoms with Crippen LogP contribution in [0, 0.1) is 0 Å². The van der Waals surface area contributed by atoms with E-state index < -0.39 is 0 Å². The van der Waals surface area contributed by atoms with Crippen LogP contribution in [-0.4, -0.2) is 37.3 Å². The monoisotopic (exact) mass is 314 g/mol. The molecule has 1 amide bonds. The second-order valence-electron chi connectivity index (χ2n) is 5.14. The second-order valence-corrected chi connectivity index (χ2v) is 5.14. The van der Waals surface area contributed by atoms with Crippen molar-refractivity contribution in [3.05, 3.63) is 48.2 Å². The van der Waals surface area contributed by atoms with Crippen molar-refractivity contribution in [3.8, 4) is 11.5 Å². The summed E-state index contributed by atoms with van der Waals surface area (Å²) < 4.78 is 16.5. The normalized spacial score (nSPS) is 16.8. The van der Waals surface area contributed by atoms with Gasteiger partial charge in [-0.25, -0.2) is 4.98 Å². The number of nitrogens with zero attached hydrogens (tertiary/aromatic N) is 1. The molecule has 3 rings (SSSR count). The van der Waals surface area contributed by atoms with Crippen molar-refractivity contribution in [2.45, 2.75) is 12.5 Å². The van der Waals surface area contributed by atoms with Crippen molar-refractivity contribution < 1.29 is 19.0 Å². The molecular weight excluding hydrogens is 296 g/mol. The maximum Gasteiger partial charge on any atom is 0.256 e. The van der Waals surface area contributed by atoms with Gasteiger partial charge in [-0.2, -0.15) is 0 Å². The minimum atomic E-state index is -0.251. The molecule has 2 aromatic rings. The van der Waals surface area contributed by atoms with Gasteiger partial charge in [-0.15, -0.1) is 0 Å². The van der Waals surface area contributed by atoms with Gasteiger partial charge in [0.25, 0.3) is 5.91 Å². The zero-order valence-corrected chi connectivity index (χ0v) is 12.8. The molecule has 0 aliphatic carbocycles. The number of carbonyl (C=O) groups excluding carboxylic acids is 1. The summed E-state index contributed by atoms with van der Waals surface area (Å²) in [5.41, 5.74) is 0.477. The predicted molar refractivity (Wildman–Crippen MR) is 85.0 cm³/mol. The summed E-state index contributed by atoms with van der Waals surface area (Å²) >= 11 is 0. The van der Waals surface area contributed by atoms with Crippen LogP contribution in [0.15, 0.2) is 42.6 Å². The highest BCUT2D eigenvalue weighted by Gasteiger charge is 2.20. The number of rotatable bonds is 5. The Balaban J connectivity index is 1.77. The molecule has 1 aliphatic heterocycles. The third kappa shape index (κ3) is 3.78. The maximum absolute atomic E-state index is 12.3. The van der Waals surface area contributed by atoms with E-state index in [1.54, 1.807) is 43.6 Å². The minimum Gasteiger partial charge on any atom is -0.493 e. The van der Waals surface area contributed by atoms with Crippen molar-refractivity contribution in [1.82, 2.24) is 4.98 Å². The standard InChI is InChI=1S/C17H18N2O4/c1-21-14-6-5-12(10-15(14)23-13-7-9-22-11-13)17(20)19-16-4-2-3-8-18-16/h2-6,8,10,13H,7,9,11H2,1H3,(H,18,19,20). The maximum atomic E-state index is 12.3. The number of benzene rings is 1. The lowest BCUT2D eigenvalue weighted by atomic mass is 10.2. The van der Waals surface area contributed by atoms with Crippen LogP contribution in [0.5, 0.6) is 11.5 Å². The van der Waals surface area contributed by atoms with E-state index in [2.05, 4.69) is 10.3 Å². The fourth-order valence-corrected chi connectivity index (χ4v) is 2.32. The first-order chi connectivity index (χ1) is 11.3. The van der Waals surface area contributed by atoms with E-state index in [-0.39, 0.29) is 12.0 Å². The van der Waals surface area contributed by atoms with Gasteiger partial charge in [0.2, 0.25) is 0 Å². The van der Waals surface area contributed by atoms with E-state index >= 15 is 0 Å². The highest BCUT2D eigenvalue weighted by atomic mass is 16.6. The van der Waals surface area contributed by atoms with Crippen LogP contribution in [0.25, 0.3) is 0 Å². The third-order valence-corrected chi connectivity index (χ3v) is 3.51. The van der Waals surface area contributed by atoms with Crippen molar-refractivity contribution >= 4 is 11.7 Å². The van der Waals surface area contributed by atoms with E-state index in [4.69, 9.17) is 14.2 Å². The lowest BCUT2D eigenvalue weighted by molar-refractivity contribution is 0.102. The minimum absolute atomic E-state index is 0.0157. The summed E-state index contributed by atoms with van der Waals surface area (Å²) in [4.78, 5) is 16.4. The summed E-state index contributed by atoms with van der Waals surface area (Å²) in [6, 6.07) is 10.4. The largest absolute Gasteiger partial charge is 0.493 e. The van der Waals surface area contributed by atoms with Crippen LogP contribution < -0.4 is 14.8 Å². The molecule has 0 spiro atoms. The smallest absolute Gasteiger partial charge is 0.256 e. The summed E-state index contributed by atoms with van der Waals surface area (Å²) in [7, 11) is 1.57. The number of methoxy groups -OCH3 is 1. The third-order valence-electron chi connectivity index (χ3n) is 3.51. The average molecular weight is 314 g/mol. The Labute approximate surface area is 134 Å². The molecule has 0 radical (unpaired) electrons. The van der Waals surface area contributed by atoms with Gasteiger partial charge in [0, 0.05) is 18.2 Å². The lowest BCUT2D eigenvalue weighted by Gasteiger charge is -2.16. The van der Waals surface area contributed by atoms with E-state index in [9.17, 15) is 4.79 Å². The number of nitrogens with one attached hydrogen (secondary N) is 1. The van der Waals surface area contributed by atoms with Gasteiger partial charge in [-0.1, -0.05) is 6.07 Å². The molecule has 6 heteroatoms. The van der Waals surface area contributed by atoms with E-state index in [1.807, 2.05) is 6.07 Å². The van der Waals surface area contributed by atoms with Crippen LogP contribution >= 0.6 is 0 Å². The summed E-state index contributed by atoms with van der Waals surface area (Å²) in [6.45, 7) is 1.24. The van der Waals surface area contributed by atoms with Gasteiger partial charge in [-0.3, -0.25) is 4.79 Å². The van der Waals surface area contributed by atoms with Gasteiger partial charge in [0.05, 0.1) is 20.3 Å². The Kier molecular flexibility index (Phi) is 4.73. The summed E-state index contributed by atoms with van der Waals surface area (Å²) in [6.07, 6.45) is 2.43. The fraction of sp³-hybridized carbons (Fsp3) is 0.294. The Hall–Kier alpha value is -2.60. The molecule has 1 aromatic carbocycles. The van der Waals surface area contributed by atoms with Crippen LogP contribution in [0.1, 0.15) is 16.8 Å². The molecule has 1 fully saturated rings. The van der Waals surface area contributed by atoms with E-state index in [1.165, 1.54) is 0 Å². The number of anilines is 1. The molecule has 1 aliphatic rings. The van der Waals surface area contributed by atoms with Gasteiger partial charge >= 0.3 is 0 Å². The first-order valence-electron chi connectivity index (χ1n) is 7.41. The Morgan fingerprint density at radius 1 is 1.30 bits per heavy atom. The van der Waals surface area contributed by atoms with Crippen LogP contribution in [0.3, 0.4) is 0 Å². The van der Waals surface area contributed by atoms with Crippen molar-refractivity contribution in [1.29, 1.82) is 0 Å². The Bertz CT molecular complexity index is 670. The zero-order valence-electron chi connectivity index (χ0n) is 12.8. The number of ether oxygens (including phenoxy) is 3. The summed E-state index contributed by atoms with van der Waals surface area (Å²) in [5.74, 6) is 1.38. The fourth-order valence-electron chi connectivity index (χ4n) is 2.32. The SMILES string of the molecule is COc1ccc(C(=O)Nc2ccccn2)cc1OC1CCOC1. The van der Waals surface area contributed by atoms with Crippen molar-refractivity contribution in [2.24, 2.45) is 0 Å². The molecule has 0 saturated carbocycles. The number of aromatic nitrogens is 1. The number of amides is 1. The molecule has 1 aromatic heterocycles. The number of pyridine rings is 1. The quantitative estimate of drug-likeness (QED) is 0.918. The molecule has 2 heterocycles. The molecule has 0 bridgehead atoms. The highest BCUT2D eigenvalue weighted by molar-refractivity contribution is 6.04. The first-order valence-corrected chi connectivity index (χ1v) is 7.41. The molecule has 23 heavy (non-hydrogen) atoms. The molecule has 1 unspecified atom stereocenters. The molecular formula is C17H18N2O4. The van der Waals surface area contributed by atoms with Crippen molar-refractivity contribution in [3.63, 3.8) is 0 Å². The zero-order chi connectivity index (χ0) is 16.1. The van der Waals surface area contributed by atoms with Gasteiger partial charge in [0.15, 0.2) is 11.5 Å². The van der Waals surface area contributed by atoms with Gasteiger partial charge in [-0.05, 0) is 30.3 Å². The average Bonchev–Trinajstić information content (AvgIpc) is 3.09. The van der Waals surface area contributed by atoms with Gasteiger partial charge in [0.1, 0.15) is 11.9 Å². The molecule has 1 saturated heterocycles. The molecule has 1 N–H and O–H groups in total. The number of hydrogen-bond acceptors (Lipinski definition) is 5. The predicted octanol–water partition coefficient (Wildman–Crippen LogP) is 2.51. The number of hydrogen-bond donors (Lipinski definition) is 1. The van der Waals surface area contributed by atoms with Crippen LogP contribution in [-0.2, 0) is 4.74 Å². The number of carbonyl (C=O) groups is 1. The molecule has 1 atom stereocenters. The molecule has 6 nitrogen and oxygen atoms in total. The highest BCUT2D eigenvalue weighted by Crippen LogP contribution is 2.30. The van der Waals surface area contributed by atoms with Crippen LogP contribution in [0.4, 0.5) is 5.82 Å². The van der Waals surface area contributed by atoms with Crippen molar-refractivity contribution in [2.75, 3.05) is 25.6 Å². The second kappa shape index (κ2) is 7.11. The lowest BCUT2D eigenvalue weighted by Crippen LogP contribution is -2.17. The molecule has 120 valence electrons. The van der Waals surface area contributed by atoms with E-state index in [0.717, 1.165) is 6.42 Å². The van der Waals surface area contributed by atoms with Gasteiger partial charge < -0.3 is 19.5 Å². The first kappa shape index (κ1) is 15.3.